The van der Waals surface area contributed by atoms with Crippen LogP contribution in [0.25, 0.3) is 0 Å². The second-order valence-corrected chi connectivity index (χ2v) is 6.25. The molecule has 0 unspecified atom stereocenters. The fourth-order valence-corrected chi connectivity index (χ4v) is 3.14. The van der Waals surface area contributed by atoms with Gasteiger partial charge < -0.3 is 24.4 Å². The highest BCUT2D eigenvalue weighted by Crippen LogP contribution is 2.28. The third-order valence-corrected chi connectivity index (χ3v) is 4.74. The summed E-state index contributed by atoms with van der Waals surface area (Å²) in [5.41, 5.74) is 0.903. The number of carbonyl (C=O) groups excluding carboxylic acids is 2. The number of anilines is 1. The molecular formula is C20H22N2O5. The molecule has 2 aromatic rings. The van der Waals surface area contributed by atoms with Gasteiger partial charge in [0.25, 0.3) is 5.91 Å². The average Bonchev–Trinajstić information content (AvgIpc) is 2.69. The summed E-state index contributed by atoms with van der Waals surface area (Å²) in [6, 6.07) is 11.1. The number of methoxy groups -OCH3 is 2. The number of nitrogens with zero attached hydrogens (tertiary/aromatic N) is 2. The van der Waals surface area contributed by atoms with Crippen molar-refractivity contribution >= 4 is 17.5 Å². The van der Waals surface area contributed by atoms with E-state index in [2.05, 4.69) is 0 Å². The maximum atomic E-state index is 12.8. The predicted molar refractivity (Wildman–Crippen MR) is 101 cm³/mol. The molecule has 1 fully saturated rings. The summed E-state index contributed by atoms with van der Waals surface area (Å²) in [7, 11) is 3.07. The van der Waals surface area contributed by atoms with E-state index in [4.69, 9.17) is 9.47 Å². The van der Waals surface area contributed by atoms with Crippen molar-refractivity contribution in [3.8, 4) is 17.2 Å². The number of aromatic hydroxyl groups is 1. The summed E-state index contributed by atoms with van der Waals surface area (Å²) >= 11 is 0. The number of hydrogen-bond acceptors (Lipinski definition) is 5. The first-order chi connectivity index (χ1) is 13.0. The minimum absolute atomic E-state index is 0.147. The monoisotopic (exact) mass is 370 g/mol. The first-order valence-electron chi connectivity index (χ1n) is 8.59. The van der Waals surface area contributed by atoms with Crippen molar-refractivity contribution in [3.05, 3.63) is 48.0 Å². The highest BCUT2D eigenvalue weighted by molar-refractivity contribution is 6.04. The Labute approximate surface area is 157 Å². The molecule has 2 aromatic carbocycles. The average molecular weight is 370 g/mol. The lowest BCUT2D eigenvalue weighted by Gasteiger charge is -2.39. The molecule has 1 heterocycles. The lowest BCUT2D eigenvalue weighted by Crippen LogP contribution is -2.57. The number of ether oxygens (including phenoxy) is 2. The summed E-state index contributed by atoms with van der Waals surface area (Å²) < 4.78 is 10.2. The number of amides is 2. The van der Waals surface area contributed by atoms with E-state index in [0.29, 0.717) is 24.6 Å². The Kier molecular flexibility index (Phi) is 5.21. The maximum Gasteiger partial charge on any atom is 0.258 e. The van der Waals surface area contributed by atoms with Crippen molar-refractivity contribution < 1.29 is 24.2 Å². The van der Waals surface area contributed by atoms with Gasteiger partial charge in [-0.3, -0.25) is 9.59 Å². The van der Waals surface area contributed by atoms with Crippen molar-refractivity contribution in [1.29, 1.82) is 0 Å². The van der Waals surface area contributed by atoms with Crippen molar-refractivity contribution in [1.82, 2.24) is 4.90 Å². The van der Waals surface area contributed by atoms with Crippen molar-refractivity contribution in [2.24, 2.45) is 0 Å². The highest BCUT2D eigenvalue weighted by Gasteiger charge is 2.36. The van der Waals surface area contributed by atoms with E-state index < -0.39 is 6.04 Å². The normalized spacial score (nSPS) is 17.0. The number of benzene rings is 2. The van der Waals surface area contributed by atoms with Gasteiger partial charge in [0, 0.05) is 24.8 Å². The number of hydrogen-bond donors (Lipinski definition) is 1. The smallest absolute Gasteiger partial charge is 0.258 e. The highest BCUT2D eigenvalue weighted by atomic mass is 16.5. The topological polar surface area (TPSA) is 79.3 Å². The zero-order valence-corrected chi connectivity index (χ0v) is 15.5. The molecule has 0 spiro atoms. The van der Waals surface area contributed by atoms with Crippen LogP contribution in [0, 0.1) is 0 Å². The molecule has 0 bridgehead atoms. The molecule has 1 N–H and O–H groups in total. The fourth-order valence-electron chi connectivity index (χ4n) is 3.14. The second-order valence-electron chi connectivity index (χ2n) is 6.25. The Morgan fingerprint density at radius 3 is 2.26 bits per heavy atom. The molecule has 1 aliphatic heterocycles. The Morgan fingerprint density at radius 1 is 1.04 bits per heavy atom. The third kappa shape index (κ3) is 3.53. The van der Waals surface area contributed by atoms with Gasteiger partial charge in [-0.25, -0.2) is 0 Å². The first-order valence-corrected chi connectivity index (χ1v) is 8.59. The molecular weight excluding hydrogens is 348 g/mol. The molecule has 0 radical (unpaired) electrons. The SMILES string of the molecule is COc1ccc(N2CCN(C(=O)c3ccc(OC)cc3O)[C@@H](C)C2=O)cc1. The Morgan fingerprint density at radius 2 is 1.67 bits per heavy atom. The van der Waals surface area contributed by atoms with Gasteiger partial charge in [0.1, 0.15) is 23.3 Å². The van der Waals surface area contributed by atoms with E-state index in [1.165, 1.54) is 24.1 Å². The molecule has 1 aliphatic rings. The largest absolute Gasteiger partial charge is 0.507 e. The van der Waals surface area contributed by atoms with E-state index in [0.717, 1.165) is 5.69 Å². The van der Waals surface area contributed by atoms with E-state index in [-0.39, 0.29) is 23.1 Å². The summed E-state index contributed by atoms with van der Waals surface area (Å²) in [6.07, 6.45) is 0. The zero-order chi connectivity index (χ0) is 19.6. The minimum atomic E-state index is -0.644. The van der Waals surface area contributed by atoms with Gasteiger partial charge in [0.05, 0.1) is 19.8 Å². The predicted octanol–water partition coefficient (Wildman–Crippen LogP) is 2.29. The van der Waals surface area contributed by atoms with E-state index >= 15 is 0 Å². The summed E-state index contributed by atoms with van der Waals surface area (Å²) in [6.45, 7) is 2.43. The molecule has 7 heteroatoms. The van der Waals surface area contributed by atoms with Gasteiger partial charge in [-0.15, -0.1) is 0 Å². The van der Waals surface area contributed by atoms with Crippen LogP contribution in [0.4, 0.5) is 5.69 Å². The molecule has 0 aliphatic carbocycles. The Balaban J connectivity index is 1.78. The van der Waals surface area contributed by atoms with Gasteiger partial charge in [-0.2, -0.15) is 0 Å². The molecule has 1 atom stereocenters. The van der Waals surface area contributed by atoms with Crippen molar-refractivity contribution in [2.75, 3.05) is 32.2 Å². The first kappa shape index (κ1) is 18.6. The zero-order valence-electron chi connectivity index (χ0n) is 15.5. The number of rotatable bonds is 4. The van der Waals surface area contributed by atoms with Crippen LogP contribution in [0.5, 0.6) is 17.2 Å². The molecule has 0 saturated carbocycles. The van der Waals surface area contributed by atoms with Crippen LogP contribution in [0.2, 0.25) is 0 Å². The van der Waals surface area contributed by atoms with Crippen LogP contribution in [0.1, 0.15) is 17.3 Å². The Bertz CT molecular complexity index is 850. The molecule has 27 heavy (non-hydrogen) atoms. The summed E-state index contributed by atoms with van der Waals surface area (Å²) in [4.78, 5) is 28.8. The molecule has 142 valence electrons. The number of phenolic OH excluding ortho intramolecular Hbond substituents is 1. The third-order valence-electron chi connectivity index (χ3n) is 4.74. The lowest BCUT2D eigenvalue weighted by molar-refractivity contribution is -0.124. The van der Waals surface area contributed by atoms with Crippen LogP contribution in [-0.4, -0.2) is 55.2 Å². The van der Waals surface area contributed by atoms with Crippen molar-refractivity contribution in [3.63, 3.8) is 0 Å². The fraction of sp³-hybridized carbons (Fsp3) is 0.300. The second kappa shape index (κ2) is 7.57. The van der Waals surface area contributed by atoms with E-state index in [1.54, 1.807) is 37.1 Å². The number of piperazine rings is 1. The standard InChI is InChI=1S/C20H22N2O5/c1-13-19(24)22(14-4-6-15(26-2)7-5-14)11-10-21(13)20(25)17-9-8-16(27-3)12-18(17)23/h4-9,12-13,23H,10-11H2,1-3H3/t13-/m0/s1. The van der Waals surface area contributed by atoms with Gasteiger partial charge >= 0.3 is 0 Å². The molecule has 7 nitrogen and oxygen atoms in total. The lowest BCUT2D eigenvalue weighted by atomic mass is 10.1. The van der Waals surface area contributed by atoms with Crippen LogP contribution < -0.4 is 14.4 Å². The van der Waals surface area contributed by atoms with Crippen molar-refractivity contribution in [2.45, 2.75) is 13.0 Å². The van der Waals surface area contributed by atoms with Crippen LogP contribution >= 0.6 is 0 Å². The molecule has 0 aromatic heterocycles. The molecule has 2 amide bonds. The Hall–Kier alpha value is -3.22. The van der Waals surface area contributed by atoms with Crippen LogP contribution in [0.3, 0.4) is 0 Å². The quantitative estimate of drug-likeness (QED) is 0.893. The summed E-state index contributed by atoms with van der Waals surface area (Å²) in [5, 5.41) is 10.1. The van der Waals surface area contributed by atoms with Gasteiger partial charge in [0.2, 0.25) is 5.91 Å². The van der Waals surface area contributed by atoms with E-state index in [9.17, 15) is 14.7 Å². The molecule has 1 saturated heterocycles. The number of phenols is 1. The van der Waals surface area contributed by atoms with Crippen LogP contribution in [-0.2, 0) is 4.79 Å². The van der Waals surface area contributed by atoms with Crippen LogP contribution in [0.15, 0.2) is 42.5 Å². The number of carbonyl (C=O) groups is 2. The summed E-state index contributed by atoms with van der Waals surface area (Å²) in [5.74, 6) is 0.440. The van der Waals surface area contributed by atoms with Gasteiger partial charge in [0.15, 0.2) is 0 Å². The minimum Gasteiger partial charge on any atom is -0.507 e. The van der Waals surface area contributed by atoms with Gasteiger partial charge in [-0.05, 0) is 43.3 Å². The molecule has 3 rings (SSSR count). The van der Waals surface area contributed by atoms with Gasteiger partial charge in [-0.1, -0.05) is 0 Å². The maximum absolute atomic E-state index is 12.8. The van der Waals surface area contributed by atoms with E-state index in [1.807, 2.05) is 12.1 Å².